The van der Waals surface area contributed by atoms with Crippen LogP contribution in [0, 0.1) is 52.3 Å². The molecule has 0 radical (unpaired) electrons. The molecular weight excluding hydrogens is 384 g/mol. The van der Waals surface area contributed by atoms with E-state index in [-0.39, 0.29) is 12.1 Å². The van der Waals surface area contributed by atoms with E-state index in [4.69, 9.17) is 10.5 Å². The zero-order chi connectivity index (χ0) is 21.8. The summed E-state index contributed by atoms with van der Waals surface area (Å²) in [4.78, 5) is 0. The molecule has 13 atom stereocenters. The molecule has 2 aliphatic heterocycles. The number of aliphatic hydroxyl groups is 1. The van der Waals surface area contributed by atoms with Gasteiger partial charge in [0.05, 0.1) is 12.1 Å². The zero-order valence-electron chi connectivity index (χ0n) is 20.3. The van der Waals surface area contributed by atoms with Gasteiger partial charge in [-0.05, 0) is 110 Å². The minimum absolute atomic E-state index is 0.0892. The Hall–Kier alpha value is -0.160. The van der Waals surface area contributed by atoms with E-state index >= 15 is 0 Å². The van der Waals surface area contributed by atoms with Gasteiger partial charge in [-0.25, -0.2) is 0 Å². The minimum Gasteiger partial charge on any atom is -0.364 e. The number of nitrogens with one attached hydrogen (secondary N) is 1. The molecule has 6 aliphatic rings. The van der Waals surface area contributed by atoms with Crippen molar-refractivity contribution >= 4 is 0 Å². The first-order valence-electron chi connectivity index (χ1n) is 13.5. The van der Waals surface area contributed by atoms with Gasteiger partial charge in [0.15, 0.2) is 5.79 Å². The van der Waals surface area contributed by atoms with Crippen molar-refractivity contribution in [2.24, 2.45) is 58.0 Å². The van der Waals surface area contributed by atoms with E-state index in [1.807, 2.05) is 0 Å². The zero-order valence-corrected chi connectivity index (χ0v) is 20.3. The lowest BCUT2D eigenvalue weighted by Crippen LogP contribution is -2.68. The van der Waals surface area contributed by atoms with E-state index in [2.05, 4.69) is 33.0 Å². The van der Waals surface area contributed by atoms with Gasteiger partial charge in [0.2, 0.25) is 0 Å². The summed E-state index contributed by atoms with van der Waals surface area (Å²) < 4.78 is 6.70. The van der Waals surface area contributed by atoms with Crippen molar-refractivity contribution in [3.05, 3.63) is 0 Å². The largest absolute Gasteiger partial charge is 0.364 e. The van der Waals surface area contributed by atoms with Gasteiger partial charge < -0.3 is 20.9 Å². The summed E-state index contributed by atoms with van der Waals surface area (Å²) in [5.74, 6) is 3.88. The number of rotatable bonds is 0. The average molecular weight is 431 g/mol. The molecule has 6 fully saturated rings. The van der Waals surface area contributed by atoms with Crippen LogP contribution in [0.5, 0.6) is 0 Å². The number of hydrogen-bond donors (Lipinski definition) is 3. The van der Waals surface area contributed by atoms with Gasteiger partial charge in [0.25, 0.3) is 0 Å². The summed E-state index contributed by atoms with van der Waals surface area (Å²) in [6, 6.07) is 0.525. The topological polar surface area (TPSA) is 67.5 Å². The predicted molar refractivity (Wildman–Crippen MR) is 123 cm³/mol. The third-order valence-electron chi connectivity index (χ3n) is 12.1. The summed E-state index contributed by atoms with van der Waals surface area (Å²) in [5.41, 5.74) is 7.27. The lowest BCUT2D eigenvalue weighted by Gasteiger charge is -2.62. The molecule has 0 amide bonds. The molecule has 2 heterocycles. The highest BCUT2D eigenvalue weighted by Gasteiger charge is 2.67. The van der Waals surface area contributed by atoms with Gasteiger partial charge in [0.1, 0.15) is 0 Å². The maximum atomic E-state index is 11.6. The van der Waals surface area contributed by atoms with Crippen LogP contribution >= 0.6 is 0 Å². The highest BCUT2D eigenvalue weighted by molar-refractivity contribution is 5.15. The molecule has 2 saturated heterocycles. The van der Waals surface area contributed by atoms with E-state index in [1.165, 1.54) is 51.4 Å². The van der Waals surface area contributed by atoms with Crippen LogP contribution in [-0.4, -0.2) is 35.6 Å². The first-order valence-corrected chi connectivity index (χ1v) is 13.5. The second-order valence-electron chi connectivity index (χ2n) is 13.6. The van der Waals surface area contributed by atoms with E-state index in [0.717, 1.165) is 36.6 Å². The van der Waals surface area contributed by atoms with Crippen LogP contribution in [0.1, 0.15) is 85.5 Å². The van der Waals surface area contributed by atoms with Crippen molar-refractivity contribution in [1.29, 1.82) is 0 Å². The molecule has 0 spiro atoms. The molecule has 0 aromatic carbocycles. The second-order valence-corrected chi connectivity index (χ2v) is 13.6. The molecule has 4 heteroatoms. The smallest absolute Gasteiger partial charge is 0.181 e. The average Bonchev–Trinajstić information content (AvgIpc) is 2.99. The molecule has 6 rings (SSSR count). The van der Waals surface area contributed by atoms with Gasteiger partial charge >= 0.3 is 0 Å². The molecular formula is C27H46N2O2. The summed E-state index contributed by atoms with van der Waals surface area (Å²) in [5, 5.41) is 15.3. The van der Waals surface area contributed by atoms with Crippen LogP contribution in [0.15, 0.2) is 0 Å². The Kier molecular flexibility index (Phi) is 4.78. The van der Waals surface area contributed by atoms with Gasteiger partial charge in [-0.3, -0.25) is 0 Å². The molecule has 31 heavy (non-hydrogen) atoms. The summed E-state index contributed by atoms with van der Waals surface area (Å²) in [7, 11) is 0. The Morgan fingerprint density at radius 2 is 1.74 bits per heavy atom. The summed E-state index contributed by atoms with van der Waals surface area (Å²) in [6.45, 7) is 10.9. The van der Waals surface area contributed by atoms with Gasteiger partial charge in [0, 0.05) is 12.5 Å². The van der Waals surface area contributed by atoms with Crippen molar-refractivity contribution in [1.82, 2.24) is 5.32 Å². The SMILES string of the molecule is C[C@H]1CNC2[C@@H](C)[C@H]3[C@@H](C[C@H]4[C@@H]5CC[C@H]6C[C@@H](N)CC[C@]6(C)[C@H]5CC[C@]34C)O[C@@]2(O)C1. The monoisotopic (exact) mass is 430 g/mol. The highest BCUT2D eigenvalue weighted by atomic mass is 16.6. The standard InChI is InChI=1S/C27H46N2O2/c1-15-13-27(30)24(29-14-15)16(2)23-22(31-27)12-21-19-6-5-17-11-18(28)7-9-25(17,3)20(19)8-10-26(21,23)4/h15-24,29-30H,5-14,28H2,1-4H3/t15-,16+,17+,18+,19-,20+,21+,22-,23+,24?,25+,26+,27+/m1/s1. The van der Waals surface area contributed by atoms with Gasteiger partial charge in [-0.15, -0.1) is 0 Å². The quantitative estimate of drug-likeness (QED) is 0.536. The number of hydrogen-bond acceptors (Lipinski definition) is 4. The second kappa shape index (κ2) is 6.93. The maximum Gasteiger partial charge on any atom is 0.181 e. The highest BCUT2D eigenvalue weighted by Crippen LogP contribution is 2.69. The maximum absolute atomic E-state index is 11.6. The number of ether oxygens (including phenoxy) is 1. The van der Waals surface area contributed by atoms with E-state index in [0.29, 0.717) is 34.6 Å². The minimum atomic E-state index is -0.968. The lowest BCUT2D eigenvalue weighted by atomic mass is 9.44. The number of nitrogens with two attached hydrogens (primary N) is 1. The third-order valence-corrected chi connectivity index (χ3v) is 12.1. The molecule has 0 aromatic rings. The van der Waals surface area contributed by atoms with Gasteiger partial charge in [-0.2, -0.15) is 0 Å². The third kappa shape index (κ3) is 2.87. The summed E-state index contributed by atoms with van der Waals surface area (Å²) in [6.07, 6.45) is 11.5. The molecule has 4 N–H and O–H groups in total. The molecule has 4 nitrogen and oxygen atoms in total. The lowest BCUT2D eigenvalue weighted by molar-refractivity contribution is -0.310. The molecule has 1 unspecified atom stereocenters. The fourth-order valence-electron chi connectivity index (χ4n) is 10.8. The number of fused-ring (bicyclic) bond motifs is 8. The van der Waals surface area contributed by atoms with Crippen LogP contribution in [0.4, 0.5) is 0 Å². The van der Waals surface area contributed by atoms with Crippen molar-refractivity contribution in [3.8, 4) is 0 Å². The normalized spacial score (nSPS) is 63.3. The molecule has 4 aliphatic carbocycles. The Balaban J connectivity index is 1.30. The van der Waals surface area contributed by atoms with E-state index in [9.17, 15) is 5.11 Å². The predicted octanol–water partition coefficient (Wildman–Crippen LogP) is 4.30. The fourth-order valence-corrected chi connectivity index (χ4v) is 10.8. The first-order chi connectivity index (χ1) is 14.7. The van der Waals surface area contributed by atoms with E-state index < -0.39 is 5.79 Å². The van der Waals surface area contributed by atoms with Crippen molar-refractivity contribution in [3.63, 3.8) is 0 Å². The van der Waals surface area contributed by atoms with Crippen LogP contribution < -0.4 is 11.1 Å². The Morgan fingerprint density at radius 1 is 0.968 bits per heavy atom. The Labute approximate surface area is 189 Å². The van der Waals surface area contributed by atoms with Crippen molar-refractivity contribution in [2.75, 3.05) is 6.54 Å². The fraction of sp³-hybridized carbons (Fsp3) is 1.00. The van der Waals surface area contributed by atoms with Crippen LogP contribution in [0.3, 0.4) is 0 Å². The van der Waals surface area contributed by atoms with Crippen molar-refractivity contribution in [2.45, 2.75) is 109 Å². The van der Waals surface area contributed by atoms with Crippen LogP contribution in [0.2, 0.25) is 0 Å². The van der Waals surface area contributed by atoms with Crippen LogP contribution in [0.25, 0.3) is 0 Å². The molecule has 0 bridgehead atoms. The molecule has 0 aromatic heterocycles. The van der Waals surface area contributed by atoms with E-state index in [1.54, 1.807) is 0 Å². The Morgan fingerprint density at radius 3 is 2.55 bits per heavy atom. The molecule has 4 saturated carbocycles. The number of piperidine rings is 1. The summed E-state index contributed by atoms with van der Waals surface area (Å²) >= 11 is 0. The van der Waals surface area contributed by atoms with Gasteiger partial charge in [-0.1, -0.05) is 27.7 Å². The van der Waals surface area contributed by atoms with Crippen molar-refractivity contribution < 1.29 is 9.84 Å². The Bertz CT molecular complexity index is 730. The molecule has 176 valence electrons. The van der Waals surface area contributed by atoms with Crippen LogP contribution in [-0.2, 0) is 4.74 Å². The first kappa shape index (κ1) is 21.4.